The van der Waals surface area contributed by atoms with Crippen LogP contribution in [0.15, 0.2) is 47.0 Å². The first-order valence-electron chi connectivity index (χ1n) is 10.1. The lowest BCUT2D eigenvalue weighted by Crippen LogP contribution is -2.20. The predicted molar refractivity (Wildman–Crippen MR) is 83.0 cm³/mol. The third-order valence-corrected chi connectivity index (χ3v) is 3.33. The second kappa shape index (κ2) is 6.52. The van der Waals surface area contributed by atoms with Crippen LogP contribution in [0.5, 0.6) is 0 Å². The van der Waals surface area contributed by atoms with E-state index in [-0.39, 0.29) is 24.8 Å². The smallest absolute Gasteiger partial charge is 0.303 e. The van der Waals surface area contributed by atoms with E-state index in [1.165, 1.54) is 6.08 Å². The summed E-state index contributed by atoms with van der Waals surface area (Å²) in [6.07, 6.45) is 1.19. The second-order valence-corrected chi connectivity index (χ2v) is 4.91. The Morgan fingerprint density at radius 2 is 1.86 bits per heavy atom. The number of allylic oxidation sites excluding steroid dienone is 4. The number of hydrogen-bond acceptors (Lipinski definition) is 3. The Balaban J connectivity index is 2.66. The molecule has 0 unspecified atom stereocenters. The largest absolute Gasteiger partial charge is 0.481 e. The Morgan fingerprint density at radius 3 is 2.45 bits per heavy atom. The third kappa shape index (κ3) is 3.22. The summed E-state index contributed by atoms with van der Waals surface area (Å²) in [6, 6.07) is -2.88. The first kappa shape index (κ1) is 8.83. The highest BCUT2D eigenvalue weighted by Gasteiger charge is 2.28. The zero-order chi connectivity index (χ0) is 22.3. The van der Waals surface area contributed by atoms with Gasteiger partial charge in [0.1, 0.15) is 0 Å². The number of fused-ring (bicyclic) bond motifs is 1. The minimum absolute atomic E-state index is 0.156. The van der Waals surface area contributed by atoms with Crippen molar-refractivity contribution in [1.82, 2.24) is 0 Å². The maximum Gasteiger partial charge on any atom is 0.303 e. The van der Waals surface area contributed by atoms with Crippen molar-refractivity contribution in [2.75, 3.05) is 0 Å². The highest BCUT2D eigenvalue weighted by atomic mass is 16.4. The number of carboxylic acids is 1. The fourth-order valence-electron chi connectivity index (χ4n) is 2.06. The molecule has 0 saturated carbocycles. The number of benzene rings is 1. The summed E-state index contributed by atoms with van der Waals surface area (Å²) in [6.45, 7) is -1.37. The average Bonchev–Trinajstić information content (AvgIpc) is 2.61. The molecule has 2 rings (SSSR count). The number of ketones is 2. The number of rotatable bonds is 5. The molecular weight excluding hydrogens is 280 g/mol. The van der Waals surface area contributed by atoms with E-state index in [1.54, 1.807) is 6.92 Å². The van der Waals surface area contributed by atoms with E-state index in [2.05, 4.69) is 0 Å². The van der Waals surface area contributed by atoms with Crippen LogP contribution in [0, 0.1) is 0 Å². The molecule has 4 nitrogen and oxygen atoms in total. The molecule has 0 aliphatic heterocycles. The molecule has 0 amide bonds. The number of carbonyl (C=O) groups is 3. The van der Waals surface area contributed by atoms with Gasteiger partial charge in [-0.3, -0.25) is 14.4 Å². The molecule has 114 valence electrons. The number of aliphatic carboxylic acids is 1. The summed E-state index contributed by atoms with van der Waals surface area (Å²) >= 11 is 0. The molecule has 1 aromatic rings. The summed E-state index contributed by atoms with van der Waals surface area (Å²) in [5, 5.41) is 8.74. The number of carboxylic acid groups (broad SMARTS) is 1. The lowest BCUT2D eigenvalue weighted by molar-refractivity contribution is -0.136. The van der Waals surface area contributed by atoms with Crippen LogP contribution < -0.4 is 0 Å². The van der Waals surface area contributed by atoms with Crippen molar-refractivity contribution in [2.45, 2.75) is 33.0 Å². The molecule has 22 heavy (non-hydrogen) atoms. The lowest BCUT2D eigenvalue weighted by atomic mass is 9.83. The topological polar surface area (TPSA) is 71.4 Å². The summed E-state index contributed by atoms with van der Waals surface area (Å²) in [7, 11) is 0. The van der Waals surface area contributed by atoms with Crippen molar-refractivity contribution in [3.8, 4) is 0 Å². The van der Waals surface area contributed by atoms with Gasteiger partial charge in [-0.1, -0.05) is 35.8 Å². The molecule has 0 bridgehead atoms. The van der Waals surface area contributed by atoms with Gasteiger partial charge in [0, 0.05) is 32.8 Å². The molecule has 1 aliphatic rings. The fourth-order valence-corrected chi connectivity index (χ4v) is 2.06. The maximum absolute atomic E-state index is 13.0. The van der Waals surface area contributed by atoms with E-state index in [1.807, 2.05) is 0 Å². The van der Waals surface area contributed by atoms with Gasteiger partial charge in [0.15, 0.2) is 11.6 Å². The van der Waals surface area contributed by atoms with E-state index in [9.17, 15) is 14.4 Å². The number of Topliss-reactive ketones (excluding diaryl/α,β-unsaturated/α-hetero) is 2. The molecule has 1 aromatic carbocycles. The molecule has 4 heteroatoms. The maximum atomic E-state index is 13.0. The number of carbonyl (C=O) groups excluding carboxylic acids is 2. The summed E-state index contributed by atoms with van der Waals surface area (Å²) in [5.41, 5.74) is -1.75. The van der Waals surface area contributed by atoms with Crippen LogP contribution in [-0.4, -0.2) is 22.6 Å². The zero-order valence-corrected chi connectivity index (χ0v) is 11.9. The van der Waals surface area contributed by atoms with Crippen LogP contribution in [0.25, 0.3) is 0 Å². The molecule has 1 aliphatic carbocycles. The molecule has 0 heterocycles. The first-order chi connectivity index (χ1) is 13.3. The second-order valence-electron chi connectivity index (χ2n) is 4.91. The monoisotopic (exact) mass is 305 g/mol. The number of hydrogen-bond donors (Lipinski definition) is 1. The molecule has 0 atom stereocenters. The molecule has 0 aromatic heterocycles. The van der Waals surface area contributed by atoms with Gasteiger partial charge in [-0.25, -0.2) is 0 Å². The zero-order valence-electron chi connectivity index (χ0n) is 18.9. The van der Waals surface area contributed by atoms with Crippen molar-refractivity contribution >= 4 is 17.5 Å². The van der Waals surface area contributed by atoms with E-state index >= 15 is 0 Å². The summed E-state index contributed by atoms with van der Waals surface area (Å²) < 4.78 is 54.3. The minimum atomic E-state index is -2.97. The van der Waals surface area contributed by atoms with Gasteiger partial charge < -0.3 is 5.11 Å². The summed E-state index contributed by atoms with van der Waals surface area (Å²) in [4.78, 5) is 36.6. The van der Waals surface area contributed by atoms with Crippen molar-refractivity contribution in [2.24, 2.45) is 0 Å². The van der Waals surface area contributed by atoms with Gasteiger partial charge in [-0.05, 0) is 26.6 Å². The predicted octanol–water partition coefficient (Wildman–Crippen LogP) is 3.58. The average molecular weight is 305 g/mol. The molecule has 0 spiro atoms. The lowest BCUT2D eigenvalue weighted by Gasteiger charge is -2.18. The van der Waals surface area contributed by atoms with Gasteiger partial charge in [0.05, 0.1) is 5.48 Å². The molecule has 0 saturated heterocycles. The quantitative estimate of drug-likeness (QED) is 0.844. The van der Waals surface area contributed by atoms with Gasteiger partial charge in [-0.2, -0.15) is 0 Å². The Hall–Kier alpha value is -2.49. The van der Waals surface area contributed by atoms with Crippen LogP contribution in [-0.2, 0) is 4.79 Å². The highest BCUT2D eigenvalue weighted by molar-refractivity contribution is 6.26. The van der Waals surface area contributed by atoms with Gasteiger partial charge in [0.25, 0.3) is 0 Å². The molecule has 0 fully saturated rings. The van der Waals surface area contributed by atoms with Crippen LogP contribution in [0.2, 0.25) is 0 Å². The van der Waals surface area contributed by atoms with E-state index in [4.69, 9.17) is 14.7 Å². The Morgan fingerprint density at radius 1 is 1.23 bits per heavy atom. The normalized spacial score (nSPS) is 20.2. The standard InChI is InChI=1S/C18H18O4/c1-11(8-10-16(19)20)7-9-13-12(2)17(21)14-5-3-4-6-15(14)18(13)22/h3-7H,8-10H2,1-2H3,(H,19,20)/b11-7+/i2D3,3D,4D,5D,6D. The molecular formula is C18H18O4. The minimum Gasteiger partial charge on any atom is -0.481 e. The SMILES string of the molecule is [2H]c1c([2H])c([2H])c2c(c1[2H])C(=O)C(C/C=C(\C)CCC(=O)O)=C(C([2H])([2H])[2H])C2=O. The van der Waals surface area contributed by atoms with E-state index < -0.39 is 65.3 Å². The van der Waals surface area contributed by atoms with E-state index in [0.717, 1.165) is 0 Å². The Labute approximate surface area is 139 Å². The summed E-state index contributed by atoms with van der Waals surface area (Å²) in [5.74, 6) is -3.09. The van der Waals surface area contributed by atoms with Gasteiger partial charge >= 0.3 is 5.97 Å². The third-order valence-electron chi connectivity index (χ3n) is 3.33. The fraction of sp³-hybridized carbons (Fsp3) is 0.278. The van der Waals surface area contributed by atoms with Crippen LogP contribution in [0.1, 0.15) is 63.3 Å². The van der Waals surface area contributed by atoms with Gasteiger partial charge in [-0.15, -0.1) is 0 Å². The van der Waals surface area contributed by atoms with Crippen molar-refractivity contribution in [1.29, 1.82) is 0 Å². The Kier molecular flexibility index (Phi) is 2.62. The van der Waals surface area contributed by atoms with E-state index in [0.29, 0.717) is 5.57 Å². The molecule has 0 radical (unpaired) electrons. The van der Waals surface area contributed by atoms with Crippen LogP contribution in [0.4, 0.5) is 0 Å². The van der Waals surface area contributed by atoms with Gasteiger partial charge in [0.2, 0.25) is 0 Å². The van der Waals surface area contributed by atoms with Crippen LogP contribution in [0.3, 0.4) is 0 Å². The molecule has 1 N–H and O–H groups in total. The highest BCUT2D eigenvalue weighted by Crippen LogP contribution is 2.28. The Bertz CT molecular complexity index is 987. The first-order valence-corrected chi connectivity index (χ1v) is 6.59. The van der Waals surface area contributed by atoms with Crippen molar-refractivity contribution in [3.05, 3.63) is 58.1 Å². The van der Waals surface area contributed by atoms with Crippen LogP contribution >= 0.6 is 0 Å². The van der Waals surface area contributed by atoms with Crippen molar-refractivity contribution in [3.63, 3.8) is 0 Å². The van der Waals surface area contributed by atoms with Crippen molar-refractivity contribution < 1.29 is 29.1 Å².